The minimum Gasteiger partial charge on any atom is -0.309 e. The number of fused-ring (bicyclic) bond motifs is 21. The molecule has 0 aliphatic carbocycles. The lowest BCUT2D eigenvalue weighted by Crippen LogP contribution is -2.02. The lowest BCUT2D eigenvalue weighted by molar-refractivity contribution is 0.992. The third-order valence-corrected chi connectivity index (χ3v) is 24.2. The molecule has 8 nitrogen and oxygen atoms in total. The molecule has 8 aromatic heterocycles. The summed E-state index contributed by atoms with van der Waals surface area (Å²) in [5.41, 5.74) is 25.5. The van der Waals surface area contributed by atoms with Crippen molar-refractivity contribution in [3.05, 3.63) is 364 Å². The molecule has 16 aromatic carbocycles. The van der Waals surface area contributed by atoms with Crippen molar-refractivity contribution in [3.8, 4) is 67.9 Å². The number of benzene rings is 16. The molecule has 0 radical (unpaired) electrons. The van der Waals surface area contributed by atoms with E-state index in [1.807, 2.05) is 23.6 Å². The van der Waals surface area contributed by atoms with Gasteiger partial charge in [-0.1, -0.05) is 182 Å². The highest BCUT2D eigenvalue weighted by molar-refractivity contribution is 7.25. The number of aromatic nitrogens is 8. The van der Waals surface area contributed by atoms with E-state index in [4.69, 9.17) is 9.97 Å². The largest absolute Gasteiger partial charge is 0.309 e. The van der Waals surface area contributed by atoms with E-state index in [9.17, 15) is 0 Å². The predicted octanol–water partition coefficient (Wildman–Crippen LogP) is 26.4. The number of hydrogen-bond donors (Lipinski definition) is 0. The van der Waals surface area contributed by atoms with Crippen LogP contribution in [0.5, 0.6) is 0 Å². The molecule has 0 saturated carbocycles. The van der Waals surface area contributed by atoms with Gasteiger partial charge in [0.2, 0.25) is 5.95 Å². The van der Waals surface area contributed by atoms with Gasteiger partial charge in [0, 0.05) is 125 Å². The van der Waals surface area contributed by atoms with Crippen molar-refractivity contribution in [1.29, 1.82) is 0 Å². The molecule has 8 heterocycles. The molecule has 0 aliphatic rings. The minimum absolute atomic E-state index is 0.617. The molecule has 24 aromatic rings. The van der Waals surface area contributed by atoms with Gasteiger partial charge in [0.15, 0.2) is 0 Å². The summed E-state index contributed by atoms with van der Waals surface area (Å²) in [5, 5.41) is 16.7. The zero-order valence-electron chi connectivity index (χ0n) is 58.6. The molecule has 0 fully saturated rings. The normalized spacial score (nSPS) is 12.2. The van der Waals surface area contributed by atoms with Crippen LogP contribution in [0.15, 0.2) is 364 Å². The van der Waals surface area contributed by atoms with Crippen LogP contribution in [0.25, 0.3) is 219 Å². The van der Waals surface area contributed by atoms with Gasteiger partial charge in [0.25, 0.3) is 0 Å². The van der Waals surface area contributed by atoms with Crippen LogP contribution in [-0.4, -0.2) is 37.4 Å². The molecule has 0 N–H and O–H groups in total. The second-order valence-corrected chi connectivity index (χ2v) is 29.9. The first-order valence-electron chi connectivity index (χ1n) is 37.2. The zero-order valence-corrected chi connectivity index (χ0v) is 59.4. The van der Waals surface area contributed by atoms with Gasteiger partial charge < -0.3 is 22.8 Å². The van der Waals surface area contributed by atoms with Crippen LogP contribution in [0.3, 0.4) is 0 Å². The third kappa shape index (κ3) is 8.87. The number of thiophene rings is 1. The summed E-state index contributed by atoms with van der Waals surface area (Å²) in [7, 11) is 0. The average molecular weight is 1410 g/mol. The Hall–Kier alpha value is -14.4. The van der Waals surface area contributed by atoms with Gasteiger partial charge in [-0.25, -0.2) is 9.97 Å². The fourth-order valence-corrected chi connectivity index (χ4v) is 19.4. The highest BCUT2D eigenvalue weighted by Crippen LogP contribution is 2.46. The Kier molecular flexibility index (Phi) is 12.7. The first-order chi connectivity index (χ1) is 54.0. The topological polar surface area (TPSA) is 55.4 Å². The number of hydrogen-bond acceptors (Lipinski definition) is 3. The summed E-state index contributed by atoms with van der Waals surface area (Å²) in [6.45, 7) is 0. The Morgan fingerprint density at radius 1 is 0.183 bits per heavy atom. The Balaban J connectivity index is 0.717. The molecular weight excluding hydrogens is 1350 g/mol. The molecule has 506 valence electrons. The first-order valence-corrected chi connectivity index (χ1v) is 38.0. The van der Waals surface area contributed by atoms with Gasteiger partial charge in [0.1, 0.15) is 0 Å². The average Bonchev–Trinajstić information content (AvgIpc) is 1.56. The molecule has 24 rings (SSSR count). The fraction of sp³-hybridized carbons (Fsp3) is 0. The van der Waals surface area contributed by atoms with Crippen LogP contribution in [0.4, 0.5) is 0 Å². The Labute approximate surface area is 627 Å². The van der Waals surface area contributed by atoms with Crippen molar-refractivity contribution in [2.45, 2.75) is 0 Å². The highest BCUT2D eigenvalue weighted by atomic mass is 32.1. The molecule has 0 bridgehead atoms. The summed E-state index contributed by atoms with van der Waals surface area (Å²) in [5.74, 6) is 0.617. The summed E-state index contributed by atoms with van der Waals surface area (Å²) in [6.07, 6.45) is 1.92. The maximum absolute atomic E-state index is 5.48. The fourth-order valence-electron chi connectivity index (χ4n) is 18.3. The summed E-state index contributed by atoms with van der Waals surface area (Å²) < 4.78 is 17.0. The van der Waals surface area contributed by atoms with E-state index < -0.39 is 0 Å². The van der Waals surface area contributed by atoms with Crippen LogP contribution < -0.4 is 0 Å². The summed E-state index contributed by atoms with van der Waals surface area (Å²) >= 11 is 1.83. The molecule has 0 amide bonds. The van der Waals surface area contributed by atoms with Crippen LogP contribution >= 0.6 is 11.3 Å². The summed E-state index contributed by atoms with van der Waals surface area (Å²) in [4.78, 5) is 10.6. The molecule has 0 atom stereocenters. The van der Waals surface area contributed by atoms with Gasteiger partial charge in [-0.05, 0) is 198 Å². The second kappa shape index (κ2) is 23.1. The van der Waals surface area contributed by atoms with Crippen molar-refractivity contribution in [1.82, 2.24) is 37.4 Å². The Bertz CT molecular complexity index is 7700. The van der Waals surface area contributed by atoms with Gasteiger partial charge in [-0.15, -0.1) is 11.3 Å². The van der Waals surface area contributed by atoms with Crippen LogP contribution in [0, 0.1) is 0 Å². The van der Waals surface area contributed by atoms with Gasteiger partial charge in [-0.3, -0.25) is 4.57 Å². The van der Waals surface area contributed by atoms with E-state index in [0.29, 0.717) is 5.95 Å². The van der Waals surface area contributed by atoms with Gasteiger partial charge >= 0.3 is 0 Å². The van der Waals surface area contributed by atoms with E-state index in [-0.39, 0.29) is 0 Å². The molecule has 0 saturated heterocycles. The molecule has 0 aliphatic heterocycles. The van der Waals surface area contributed by atoms with E-state index in [1.165, 1.54) is 90.7 Å². The van der Waals surface area contributed by atoms with Crippen LogP contribution in [-0.2, 0) is 0 Å². The van der Waals surface area contributed by atoms with Crippen molar-refractivity contribution in [2.75, 3.05) is 0 Å². The minimum atomic E-state index is 0.617. The molecule has 0 unspecified atom stereocenters. The van der Waals surface area contributed by atoms with Crippen molar-refractivity contribution < 1.29 is 0 Å². The quantitative estimate of drug-likeness (QED) is 0.145. The smallest absolute Gasteiger partial charge is 0.235 e. The zero-order chi connectivity index (χ0) is 71.1. The van der Waals surface area contributed by atoms with Crippen molar-refractivity contribution in [2.24, 2.45) is 0 Å². The van der Waals surface area contributed by atoms with E-state index in [2.05, 4.69) is 379 Å². The molecule has 0 spiro atoms. The van der Waals surface area contributed by atoms with Crippen LogP contribution in [0.1, 0.15) is 0 Å². The standard InChI is InChI=1S/C100H60N8S/c1-3-21-66(22-4-1)103-86-32-14-9-27-73(86)80-57-68(42-46-94(80)103)105-88-34-16-7-25-71(88)78-54-61(39-44-92(78)105)64-51-65(62-40-45-93-79(55-62)72-26-8-17-35-89(72)106(93)69-43-47-95-81(58-69)74-28-10-15-33-87(74)104(95)67-23-5-2-6-24-67)53-70(52-64)107-90-36-18-11-29-75(90)82-59-83-76-30-12-19-37-91(76)108(97(83)60-96(82)107)100-101-50-49-85(102-100)63-41-48-99-84(56-63)77-31-13-20-38-98(77)109-99/h1-60H. The van der Waals surface area contributed by atoms with Crippen LogP contribution in [0.2, 0.25) is 0 Å². The van der Waals surface area contributed by atoms with Gasteiger partial charge in [0.05, 0.1) is 71.9 Å². The highest BCUT2D eigenvalue weighted by Gasteiger charge is 2.25. The van der Waals surface area contributed by atoms with E-state index in [0.717, 1.165) is 122 Å². The predicted molar refractivity (Wildman–Crippen MR) is 457 cm³/mol. The van der Waals surface area contributed by atoms with Crippen molar-refractivity contribution >= 4 is 162 Å². The maximum atomic E-state index is 5.48. The van der Waals surface area contributed by atoms with E-state index >= 15 is 0 Å². The molecule has 109 heavy (non-hydrogen) atoms. The monoisotopic (exact) mass is 1400 g/mol. The summed E-state index contributed by atoms with van der Waals surface area (Å²) in [6, 6.07) is 132. The first kappa shape index (κ1) is 59.9. The lowest BCUT2D eigenvalue weighted by atomic mass is 9.96. The lowest BCUT2D eigenvalue weighted by Gasteiger charge is -2.15. The number of rotatable bonds is 9. The second-order valence-electron chi connectivity index (χ2n) is 28.9. The molecular formula is C100H60N8S. The van der Waals surface area contributed by atoms with Gasteiger partial charge in [-0.2, -0.15) is 0 Å². The Morgan fingerprint density at radius 3 is 1.02 bits per heavy atom. The van der Waals surface area contributed by atoms with E-state index in [1.54, 1.807) is 0 Å². The Morgan fingerprint density at radius 2 is 0.532 bits per heavy atom. The number of nitrogens with zero attached hydrogens (tertiary/aromatic N) is 8. The SMILES string of the molecule is c1ccc(-n2c3ccccc3c3cc(-n4c5ccccc5c5cc(-c6cc(-c7ccc8c(c7)c7ccccc7n8-c7ccc8c(c7)c7ccccc7n8-c7ccccc7)cc(-n7c8ccccc8c8cc9c%10ccccc%10n(-c%10nccc(-c%11ccc%12sc%13ccccc%13c%12c%11)n%10)c9cc87)c6)ccc54)ccc32)cc1. The van der Waals surface area contributed by atoms with Crippen molar-refractivity contribution in [3.63, 3.8) is 0 Å². The maximum Gasteiger partial charge on any atom is 0.235 e. The molecule has 9 heteroatoms. The number of para-hydroxylation sites is 8. The third-order valence-electron chi connectivity index (χ3n) is 23.0.